The zero-order chi connectivity index (χ0) is 15.4. The quantitative estimate of drug-likeness (QED) is 0.174. The van der Waals surface area contributed by atoms with Gasteiger partial charge in [0.15, 0.2) is 0 Å². The molecule has 122 valence electrons. The first kappa shape index (κ1) is 20.1. The van der Waals surface area contributed by atoms with Gasteiger partial charge in [-0.3, -0.25) is 0 Å². The molecule has 0 unspecified atom stereocenters. The number of allylic oxidation sites excluding steroid dienone is 4. The topological polar surface area (TPSA) is 17.1 Å². The second-order valence-electron chi connectivity index (χ2n) is 5.89. The summed E-state index contributed by atoms with van der Waals surface area (Å²) in [4.78, 5) is 10.2. The van der Waals surface area contributed by atoms with E-state index in [9.17, 15) is 4.79 Å². The van der Waals surface area contributed by atoms with E-state index in [0.29, 0.717) is 0 Å². The highest BCUT2D eigenvalue weighted by Crippen LogP contribution is 2.09. The van der Waals surface area contributed by atoms with Gasteiger partial charge < -0.3 is 4.79 Å². The molecular formula is C20H36O. The van der Waals surface area contributed by atoms with Crippen molar-refractivity contribution in [1.29, 1.82) is 0 Å². The Bertz CT molecular complexity index is 253. The molecule has 0 saturated heterocycles. The van der Waals surface area contributed by atoms with Crippen LogP contribution in [0.1, 0.15) is 96.8 Å². The molecule has 21 heavy (non-hydrogen) atoms. The number of carbonyl (C=O) groups excluding carboxylic acids is 1. The van der Waals surface area contributed by atoms with Crippen molar-refractivity contribution >= 4 is 6.29 Å². The predicted molar refractivity (Wildman–Crippen MR) is 94.7 cm³/mol. The largest absolute Gasteiger partial charge is 0.303 e. The van der Waals surface area contributed by atoms with E-state index in [1.54, 1.807) is 0 Å². The molecule has 0 atom stereocenters. The zero-order valence-corrected chi connectivity index (χ0v) is 14.2. The summed E-state index contributed by atoms with van der Waals surface area (Å²) >= 11 is 0. The fraction of sp³-hybridized carbons (Fsp3) is 0.750. The van der Waals surface area contributed by atoms with Crippen molar-refractivity contribution in [2.45, 2.75) is 96.8 Å². The zero-order valence-electron chi connectivity index (χ0n) is 14.2. The van der Waals surface area contributed by atoms with Crippen LogP contribution in [0.5, 0.6) is 0 Å². The van der Waals surface area contributed by atoms with Crippen molar-refractivity contribution in [3.8, 4) is 0 Å². The maximum atomic E-state index is 10.2. The van der Waals surface area contributed by atoms with Gasteiger partial charge in [-0.2, -0.15) is 0 Å². The lowest BCUT2D eigenvalue weighted by Gasteiger charge is -1.99. The van der Waals surface area contributed by atoms with Gasteiger partial charge in [-0.1, -0.05) is 76.2 Å². The summed E-state index contributed by atoms with van der Waals surface area (Å²) in [5.74, 6) is 0. The lowest BCUT2D eigenvalue weighted by Crippen LogP contribution is -1.81. The van der Waals surface area contributed by atoms with Crippen LogP contribution in [0.2, 0.25) is 0 Å². The number of hydrogen-bond acceptors (Lipinski definition) is 1. The first-order chi connectivity index (χ1) is 10.4. The number of carbonyl (C=O) groups is 1. The van der Waals surface area contributed by atoms with Gasteiger partial charge in [0.2, 0.25) is 0 Å². The van der Waals surface area contributed by atoms with Crippen LogP contribution in [0, 0.1) is 0 Å². The molecule has 1 nitrogen and oxygen atoms in total. The molecule has 1 heteroatoms. The highest BCUT2D eigenvalue weighted by atomic mass is 16.1. The number of hydrogen-bond donors (Lipinski definition) is 0. The van der Waals surface area contributed by atoms with Gasteiger partial charge in [-0.15, -0.1) is 0 Å². The molecule has 0 aromatic rings. The molecule has 0 amide bonds. The third kappa shape index (κ3) is 19.1. The molecule has 0 aliphatic rings. The molecule has 0 fully saturated rings. The fourth-order valence-corrected chi connectivity index (χ4v) is 2.39. The molecular weight excluding hydrogens is 256 g/mol. The van der Waals surface area contributed by atoms with E-state index >= 15 is 0 Å². The molecule has 0 aromatic heterocycles. The van der Waals surface area contributed by atoms with Crippen molar-refractivity contribution in [3.05, 3.63) is 24.3 Å². The Balaban J connectivity index is 3.13. The molecule has 0 aromatic carbocycles. The summed E-state index contributed by atoms with van der Waals surface area (Å²) in [6, 6.07) is 0. The van der Waals surface area contributed by atoms with Gasteiger partial charge in [-0.25, -0.2) is 0 Å². The van der Waals surface area contributed by atoms with E-state index in [-0.39, 0.29) is 0 Å². The van der Waals surface area contributed by atoms with Crippen LogP contribution in [0.4, 0.5) is 0 Å². The van der Waals surface area contributed by atoms with Crippen LogP contribution in [-0.4, -0.2) is 6.29 Å². The predicted octanol–water partition coefficient (Wildman–Crippen LogP) is 6.78. The first-order valence-electron chi connectivity index (χ1n) is 9.15. The number of rotatable bonds is 16. The fourth-order valence-electron chi connectivity index (χ4n) is 2.39. The van der Waals surface area contributed by atoms with Crippen LogP contribution in [0.25, 0.3) is 0 Å². The van der Waals surface area contributed by atoms with Crippen LogP contribution < -0.4 is 0 Å². The molecule has 0 saturated carbocycles. The van der Waals surface area contributed by atoms with Crippen molar-refractivity contribution in [3.63, 3.8) is 0 Å². The molecule has 0 heterocycles. The van der Waals surface area contributed by atoms with E-state index in [2.05, 4.69) is 31.2 Å². The van der Waals surface area contributed by atoms with E-state index < -0.39 is 0 Å². The Hall–Kier alpha value is -0.850. The van der Waals surface area contributed by atoms with Gasteiger partial charge >= 0.3 is 0 Å². The van der Waals surface area contributed by atoms with Crippen molar-refractivity contribution in [2.75, 3.05) is 0 Å². The third-order valence-electron chi connectivity index (χ3n) is 3.77. The Morgan fingerprint density at radius 1 is 0.571 bits per heavy atom. The van der Waals surface area contributed by atoms with Gasteiger partial charge in [0.1, 0.15) is 6.29 Å². The van der Waals surface area contributed by atoms with E-state index in [4.69, 9.17) is 0 Å². The summed E-state index contributed by atoms with van der Waals surface area (Å²) in [6.45, 7) is 2.25. The van der Waals surface area contributed by atoms with E-state index in [1.807, 2.05) is 0 Å². The average molecular weight is 293 g/mol. The van der Waals surface area contributed by atoms with Crippen LogP contribution in [0.15, 0.2) is 24.3 Å². The van der Waals surface area contributed by atoms with Crippen LogP contribution in [-0.2, 0) is 4.79 Å². The van der Waals surface area contributed by atoms with Gasteiger partial charge in [0, 0.05) is 6.42 Å². The highest BCUT2D eigenvalue weighted by molar-refractivity contribution is 5.48. The molecule has 0 radical (unpaired) electrons. The minimum atomic E-state index is 0.748. The van der Waals surface area contributed by atoms with Crippen LogP contribution in [0.3, 0.4) is 0 Å². The minimum Gasteiger partial charge on any atom is -0.303 e. The van der Waals surface area contributed by atoms with Gasteiger partial charge in [0.05, 0.1) is 0 Å². The van der Waals surface area contributed by atoms with E-state index in [0.717, 1.165) is 25.5 Å². The summed E-state index contributed by atoms with van der Waals surface area (Å²) in [6.07, 6.45) is 27.6. The van der Waals surface area contributed by atoms with Crippen LogP contribution >= 0.6 is 0 Å². The highest BCUT2D eigenvalue weighted by Gasteiger charge is 1.91. The monoisotopic (exact) mass is 292 g/mol. The maximum absolute atomic E-state index is 10.2. The van der Waals surface area contributed by atoms with E-state index in [1.165, 1.54) is 70.6 Å². The van der Waals surface area contributed by atoms with Crippen molar-refractivity contribution < 1.29 is 4.79 Å². The second kappa shape index (κ2) is 19.1. The summed E-state index contributed by atoms with van der Waals surface area (Å²) in [5, 5.41) is 0. The number of unbranched alkanes of at least 4 members (excludes halogenated alkanes) is 11. The van der Waals surface area contributed by atoms with Gasteiger partial charge in [0.25, 0.3) is 0 Å². The Morgan fingerprint density at radius 3 is 1.57 bits per heavy atom. The second-order valence-corrected chi connectivity index (χ2v) is 5.89. The summed E-state index contributed by atoms with van der Waals surface area (Å²) in [5.41, 5.74) is 0. The van der Waals surface area contributed by atoms with Gasteiger partial charge in [-0.05, 0) is 38.5 Å². The molecule has 0 spiro atoms. The Morgan fingerprint density at radius 2 is 1.05 bits per heavy atom. The summed E-state index contributed by atoms with van der Waals surface area (Å²) in [7, 11) is 0. The normalized spacial score (nSPS) is 11.7. The maximum Gasteiger partial charge on any atom is 0.119 e. The number of aldehydes is 1. The van der Waals surface area contributed by atoms with Crippen molar-refractivity contribution in [1.82, 2.24) is 0 Å². The minimum absolute atomic E-state index is 0.748. The molecule has 0 aliphatic heterocycles. The standard InChI is InChI=1S/C20H36O/c1-2-3-4-5-6-7-8-9-10-11-12-13-14-15-16-17-18-19-20-21/h6-7,9-10,20H,2-5,8,11-19H2,1H3/b7-6+,10-9+. The SMILES string of the molecule is CCCCC/C=C/C/C=C/CCCCCCCCCC=O. The molecule has 0 rings (SSSR count). The lowest BCUT2D eigenvalue weighted by molar-refractivity contribution is -0.107. The van der Waals surface area contributed by atoms with Crippen molar-refractivity contribution in [2.24, 2.45) is 0 Å². The Labute approximate surface area is 132 Å². The molecule has 0 N–H and O–H groups in total. The molecule has 0 bridgehead atoms. The average Bonchev–Trinajstić information content (AvgIpc) is 2.50. The lowest BCUT2D eigenvalue weighted by atomic mass is 10.1. The first-order valence-corrected chi connectivity index (χ1v) is 9.15. The summed E-state index contributed by atoms with van der Waals surface area (Å²) < 4.78 is 0. The molecule has 0 aliphatic carbocycles. The Kier molecular flexibility index (Phi) is 18.4. The smallest absolute Gasteiger partial charge is 0.119 e. The third-order valence-corrected chi connectivity index (χ3v) is 3.77.